The van der Waals surface area contributed by atoms with Crippen molar-refractivity contribution in [2.75, 3.05) is 18.2 Å². The summed E-state index contributed by atoms with van der Waals surface area (Å²) in [6, 6.07) is 9.91. The van der Waals surface area contributed by atoms with Gasteiger partial charge in [-0.15, -0.1) is 11.6 Å². The Morgan fingerprint density at radius 3 is 2.42 bits per heavy atom. The Morgan fingerprint density at radius 2 is 1.89 bits per heavy atom. The van der Waals surface area contributed by atoms with Crippen LogP contribution in [-0.2, 0) is 16.4 Å². The summed E-state index contributed by atoms with van der Waals surface area (Å²) in [5.41, 5.74) is 1.06. The Bertz CT molecular complexity index is 485. The third-order valence-electron chi connectivity index (χ3n) is 3.64. The second kappa shape index (κ2) is 6.73. The zero-order chi connectivity index (χ0) is 13.7. The molecule has 3 nitrogen and oxygen atoms in total. The first-order valence-electron chi connectivity index (χ1n) is 6.73. The number of sulfonamides is 1. The van der Waals surface area contributed by atoms with Crippen molar-refractivity contribution in [3.8, 4) is 0 Å². The van der Waals surface area contributed by atoms with E-state index >= 15 is 0 Å². The molecule has 0 spiro atoms. The third-order valence-corrected chi connectivity index (χ3v) is 5.72. The highest BCUT2D eigenvalue weighted by molar-refractivity contribution is 7.89. The Balaban J connectivity index is 1.99. The van der Waals surface area contributed by atoms with E-state index in [2.05, 4.69) is 0 Å². The van der Waals surface area contributed by atoms with Gasteiger partial charge < -0.3 is 0 Å². The van der Waals surface area contributed by atoms with E-state index in [1.54, 1.807) is 4.31 Å². The molecule has 0 N–H and O–H groups in total. The van der Waals surface area contributed by atoms with Gasteiger partial charge in [-0.1, -0.05) is 36.8 Å². The molecule has 1 aromatic rings. The van der Waals surface area contributed by atoms with Gasteiger partial charge in [0.15, 0.2) is 0 Å². The van der Waals surface area contributed by atoms with Crippen LogP contribution in [0.15, 0.2) is 30.3 Å². The summed E-state index contributed by atoms with van der Waals surface area (Å²) in [7, 11) is -3.19. The molecular formula is C14H20ClNO2S. The summed E-state index contributed by atoms with van der Waals surface area (Å²) in [5.74, 6) is 0.533. The minimum absolute atomic E-state index is 0.171. The predicted octanol–water partition coefficient (Wildman–Crippen LogP) is 2.65. The van der Waals surface area contributed by atoms with Crippen LogP contribution in [0.2, 0.25) is 0 Å². The highest BCUT2D eigenvalue weighted by atomic mass is 35.5. The summed E-state index contributed by atoms with van der Waals surface area (Å²) < 4.78 is 26.4. The molecule has 0 bridgehead atoms. The average molecular weight is 302 g/mol. The van der Waals surface area contributed by atoms with Crippen LogP contribution in [0.5, 0.6) is 0 Å². The molecule has 0 aromatic heterocycles. The monoisotopic (exact) mass is 301 g/mol. The second-order valence-electron chi connectivity index (χ2n) is 4.94. The molecule has 1 aromatic carbocycles. The number of alkyl halides is 1. The summed E-state index contributed by atoms with van der Waals surface area (Å²) in [5, 5.41) is 0. The Morgan fingerprint density at radius 1 is 1.21 bits per heavy atom. The van der Waals surface area contributed by atoms with E-state index in [9.17, 15) is 8.42 Å². The van der Waals surface area contributed by atoms with Crippen molar-refractivity contribution in [3.05, 3.63) is 35.9 Å². The molecule has 0 atom stereocenters. The van der Waals surface area contributed by atoms with Gasteiger partial charge in [-0.05, 0) is 24.8 Å². The predicted molar refractivity (Wildman–Crippen MR) is 79.0 cm³/mol. The van der Waals surface area contributed by atoms with E-state index in [0.29, 0.717) is 18.8 Å². The molecule has 0 radical (unpaired) electrons. The lowest BCUT2D eigenvalue weighted by atomic mass is 9.93. The van der Waals surface area contributed by atoms with Gasteiger partial charge in [-0.25, -0.2) is 8.42 Å². The Hall–Kier alpha value is -0.580. The van der Waals surface area contributed by atoms with Gasteiger partial charge in [0, 0.05) is 18.5 Å². The second-order valence-corrected chi connectivity index (χ2v) is 7.36. The third kappa shape index (κ3) is 3.94. The van der Waals surface area contributed by atoms with E-state index in [0.717, 1.165) is 24.8 Å². The lowest BCUT2D eigenvalue weighted by molar-refractivity contribution is 0.227. The SMILES string of the molecule is O=S(=O)(CCc1ccccc1)N(CCCl)C1CCC1. The molecule has 106 valence electrons. The van der Waals surface area contributed by atoms with Gasteiger partial charge >= 0.3 is 0 Å². The number of hydrogen-bond acceptors (Lipinski definition) is 2. The maximum absolute atomic E-state index is 12.4. The average Bonchev–Trinajstić information content (AvgIpc) is 2.35. The van der Waals surface area contributed by atoms with Crippen LogP contribution < -0.4 is 0 Å². The number of halogens is 1. The summed E-state index contributed by atoms with van der Waals surface area (Å²) >= 11 is 5.74. The van der Waals surface area contributed by atoms with Crippen molar-refractivity contribution < 1.29 is 8.42 Å². The molecule has 5 heteroatoms. The fraction of sp³-hybridized carbons (Fsp3) is 0.571. The van der Waals surface area contributed by atoms with Crippen LogP contribution in [0, 0.1) is 0 Å². The van der Waals surface area contributed by atoms with Crippen LogP contribution in [-0.4, -0.2) is 36.9 Å². The number of rotatable bonds is 7. The fourth-order valence-electron chi connectivity index (χ4n) is 2.32. The topological polar surface area (TPSA) is 37.4 Å². The first-order valence-corrected chi connectivity index (χ1v) is 8.87. The van der Waals surface area contributed by atoms with Crippen molar-refractivity contribution in [2.45, 2.75) is 31.7 Å². The summed E-state index contributed by atoms with van der Waals surface area (Å²) in [4.78, 5) is 0. The largest absolute Gasteiger partial charge is 0.214 e. The van der Waals surface area contributed by atoms with E-state index in [1.165, 1.54) is 0 Å². The number of hydrogen-bond donors (Lipinski definition) is 0. The van der Waals surface area contributed by atoms with Crippen LogP contribution in [0.3, 0.4) is 0 Å². The minimum Gasteiger partial charge on any atom is -0.212 e. The standard InChI is InChI=1S/C14H20ClNO2S/c15-10-11-16(14-7-4-8-14)19(17,18)12-9-13-5-2-1-3-6-13/h1-3,5-6,14H,4,7-12H2. The normalized spacial score (nSPS) is 16.5. The number of aryl methyl sites for hydroxylation is 1. The van der Waals surface area contributed by atoms with Gasteiger partial charge in [0.25, 0.3) is 0 Å². The highest BCUT2D eigenvalue weighted by Gasteiger charge is 2.32. The van der Waals surface area contributed by atoms with E-state index in [1.807, 2.05) is 30.3 Å². The Labute approximate surface area is 120 Å². The molecule has 0 unspecified atom stereocenters. The van der Waals surface area contributed by atoms with E-state index < -0.39 is 10.0 Å². The molecule has 0 heterocycles. The van der Waals surface area contributed by atoms with E-state index in [-0.39, 0.29) is 11.8 Å². The van der Waals surface area contributed by atoms with Gasteiger partial charge in [-0.2, -0.15) is 4.31 Å². The van der Waals surface area contributed by atoms with Crippen molar-refractivity contribution in [2.24, 2.45) is 0 Å². The maximum Gasteiger partial charge on any atom is 0.214 e. The van der Waals surface area contributed by atoms with Gasteiger partial charge in [0.2, 0.25) is 10.0 Å². The molecule has 2 rings (SSSR count). The number of nitrogens with zero attached hydrogens (tertiary/aromatic N) is 1. The number of benzene rings is 1. The van der Waals surface area contributed by atoms with Crippen molar-refractivity contribution >= 4 is 21.6 Å². The van der Waals surface area contributed by atoms with Crippen molar-refractivity contribution in [3.63, 3.8) is 0 Å². The fourth-order valence-corrected chi connectivity index (χ4v) is 4.36. The zero-order valence-electron chi connectivity index (χ0n) is 11.0. The molecule has 1 saturated carbocycles. The van der Waals surface area contributed by atoms with Crippen LogP contribution in [0.4, 0.5) is 0 Å². The molecular weight excluding hydrogens is 282 g/mol. The molecule has 1 aliphatic rings. The smallest absolute Gasteiger partial charge is 0.212 e. The molecule has 19 heavy (non-hydrogen) atoms. The maximum atomic E-state index is 12.4. The zero-order valence-corrected chi connectivity index (χ0v) is 12.5. The Kier molecular flexibility index (Phi) is 5.25. The minimum atomic E-state index is -3.19. The first-order chi connectivity index (χ1) is 9.13. The summed E-state index contributed by atoms with van der Waals surface area (Å²) in [6.45, 7) is 0.434. The van der Waals surface area contributed by atoms with Gasteiger partial charge in [0.05, 0.1) is 5.75 Å². The lowest BCUT2D eigenvalue weighted by Gasteiger charge is -2.36. The van der Waals surface area contributed by atoms with Crippen LogP contribution in [0.25, 0.3) is 0 Å². The lowest BCUT2D eigenvalue weighted by Crippen LogP contribution is -2.46. The van der Waals surface area contributed by atoms with Crippen LogP contribution >= 0.6 is 11.6 Å². The summed E-state index contributed by atoms with van der Waals surface area (Å²) in [6.07, 6.45) is 3.63. The van der Waals surface area contributed by atoms with Gasteiger partial charge in [-0.3, -0.25) is 0 Å². The molecule has 0 saturated heterocycles. The van der Waals surface area contributed by atoms with Crippen molar-refractivity contribution in [1.29, 1.82) is 0 Å². The molecule has 0 aliphatic heterocycles. The molecule has 1 fully saturated rings. The molecule has 0 amide bonds. The highest BCUT2D eigenvalue weighted by Crippen LogP contribution is 2.27. The van der Waals surface area contributed by atoms with Crippen LogP contribution in [0.1, 0.15) is 24.8 Å². The van der Waals surface area contributed by atoms with E-state index in [4.69, 9.17) is 11.6 Å². The van der Waals surface area contributed by atoms with Gasteiger partial charge in [0.1, 0.15) is 0 Å². The molecule has 1 aliphatic carbocycles. The first kappa shape index (κ1) is 14.8. The van der Waals surface area contributed by atoms with Crippen molar-refractivity contribution in [1.82, 2.24) is 4.31 Å². The quantitative estimate of drug-likeness (QED) is 0.726.